The van der Waals surface area contributed by atoms with E-state index in [9.17, 15) is 13.2 Å². The van der Waals surface area contributed by atoms with Gasteiger partial charge in [-0.1, -0.05) is 45.9 Å². The maximum absolute atomic E-state index is 12.8. The van der Waals surface area contributed by atoms with Crippen molar-refractivity contribution < 1.29 is 17.9 Å². The molecule has 1 amide bonds. The Morgan fingerprint density at radius 3 is 2.27 bits per heavy atom. The van der Waals surface area contributed by atoms with Crippen molar-refractivity contribution in [2.24, 2.45) is 0 Å². The van der Waals surface area contributed by atoms with Crippen molar-refractivity contribution in [2.75, 3.05) is 11.9 Å². The number of hydrogen-bond acceptors (Lipinski definition) is 4. The zero-order chi connectivity index (χ0) is 22.1. The van der Waals surface area contributed by atoms with Crippen molar-refractivity contribution >= 4 is 21.6 Å². The lowest BCUT2D eigenvalue weighted by atomic mass is 9.98. The molecule has 0 saturated heterocycles. The topological polar surface area (TPSA) is 84.5 Å². The minimum absolute atomic E-state index is 0.166. The molecule has 0 fully saturated rings. The molecule has 2 aromatic carbocycles. The van der Waals surface area contributed by atoms with Crippen LogP contribution >= 0.6 is 0 Å². The molecule has 164 valence electrons. The number of carbonyl (C=O) groups is 1. The van der Waals surface area contributed by atoms with Crippen LogP contribution in [0, 0.1) is 0 Å². The van der Waals surface area contributed by atoms with Gasteiger partial charge in [-0.25, -0.2) is 13.1 Å². The highest BCUT2D eigenvalue weighted by Gasteiger charge is 2.21. The first-order valence-corrected chi connectivity index (χ1v) is 12.0. The summed E-state index contributed by atoms with van der Waals surface area (Å²) in [6, 6.07) is 13.9. The molecular weight excluding hydrogens is 400 g/mol. The second-order valence-corrected chi connectivity index (χ2v) is 9.04. The van der Waals surface area contributed by atoms with Crippen molar-refractivity contribution in [3.63, 3.8) is 0 Å². The molecule has 0 aliphatic carbocycles. The Bertz CT molecular complexity index is 926. The number of anilines is 1. The summed E-state index contributed by atoms with van der Waals surface area (Å²) in [5.41, 5.74) is 1.60. The van der Waals surface area contributed by atoms with E-state index in [1.807, 2.05) is 38.1 Å². The fourth-order valence-corrected chi connectivity index (χ4v) is 4.08. The van der Waals surface area contributed by atoms with Crippen LogP contribution in [0.2, 0.25) is 0 Å². The molecule has 0 bridgehead atoms. The molecule has 2 aromatic rings. The Morgan fingerprint density at radius 2 is 1.67 bits per heavy atom. The first-order valence-electron chi connectivity index (χ1n) is 10.5. The van der Waals surface area contributed by atoms with Gasteiger partial charge < -0.3 is 10.1 Å². The summed E-state index contributed by atoms with van der Waals surface area (Å²) in [4.78, 5) is 12.9. The molecule has 0 aromatic heterocycles. The fourth-order valence-electron chi connectivity index (χ4n) is 2.95. The second-order valence-electron chi connectivity index (χ2n) is 7.27. The molecule has 2 unspecified atom stereocenters. The minimum Gasteiger partial charge on any atom is -0.480 e. The first kappa shape index (κ1) is 23.9. The number of ether oxygens (including phenoxy) is 1. The Kier molecular flexibility index (Phi) is 8.87. The van der Waals surface area contributed by atoms with Gasteiger partial charge in [0.25, 0.3) is 5.91 Å². The van der Waals surface area contributed by atoms with E-state index in [2.05, 4.69) is 23.9 Å². The third-order valence-electron chi connectivity index (χ3n) is 4.97. The number of para-hydroxylation sites is 1. The third-order valence-corrected chi connectivity index (χ3v) is 6.45. The molecule has 0 radical (unpaired) electrons. The minimum atomic E-state index is -3.53. The molecule has 7 heteroatoms. The number of benzene rings is 2. The van der Waals surface area contributed by atoms with Crippen LogP contribution < -0.4 is 14.8 Å². The zero-order valence-corrected chi connectivity index (χ0v) is 19.0. The molecule has 2 N–H and O–H groups in total. The van der Waals surface area contributed by atoms with Crippen molar-refractivity contribution in [3.05, 3.63) is 54.1 Å². The quantitative estimate of drug-likeness (QED) is 0.540. The van der Waals surface area contributed by atoms with Gasteiger partial charge in [0.2, 0.25) is 10.0 Å². The molecule has 0 heterocycles. The lowest BCUT2D eigenvalue weighted by Crippen LogP contribution is -2.32. The average molecular weight is 433 g/mol. The van der Waals surface area contributed by atoms with Gasteiger partial charge in [0.15, 0.2) is 6.10 Å². The average Bonchev–Trinajstić information content (AvgIpc) is 2.76. The number of rotatable bonds is 11. The Balaban J connectivity index is 2.09. The zero-order valence-electron chi connectivity index (χ0n) is 18.1. The van der Waals surface area contributed by atoms with E-state index < -0.39 is 16.1 Å². The molecule has 0 spiro atoms. The fraction of sp³-hybridized carbons (Fsp3) is 0.435. The van der Waals surface area contributed by atoms with Crippen molar-refractivity contribution in [1.29, 1.82) is 0 Å². The van der Waals surface area contributed by atoms with E-state index in [0.717, 1.165) is 17.7 Å². The van der Waals surface area contributed by atoms with Gasteiger partial charge in [-0.05, 0) is 61.1 Å². The molecule has 30 heavy (non-hydrogen) atoms. The van der Waals surface area contributed by atoms with Crippen molar-refractivity contribution in [3.8, 4) is 5.75 Å². The molecule has 6 nitrogen and oxygen atoms in total. The lowest BCUT2D eigenvalue weighted by molar-refractivity contribution is -0.122. The Labute approximate surface area is 180 Å². The van der Waals surface area contributed by atoms with Gasteiger partial charge in [-0.2, -0.15) is 0 Å². The summed E-state index contributed by atoms with van der Waals surface area (Å²) >= 11 is 0. The van der Waals surface area contributed by atoms with Crippen molar-refractivity contribution in [2.45, 2.75) is 63.9 Å². The predicted molar refractivity (Wildman–Crippen MR) is 120 cm³/mol. The Hall–Kier alpha value is -2.38. The normalized spacial score (nSPS) is 13.5. The smallest absolute Gasteiger partial charge is 0.265 e. The highest BCUT2D eigenvalue weighted by atomic mass is 32.2. The van der Waals surface area contributed by atoms with Crippen LogP contribution in [0.3, 0.4) is 0 Å². The predicted octanol–water partition coefficient (Wildman–Crippen LogP) is 4.68. The van der Waals surface area contributed by atoms with Gasteiger partial charge in [0.05, 0.1) is 4.90 Å². The lowest BCUT2D eigenvalue weighted by Gasteiger charge is -2.21. The summed E-state index contributed by atoms with van der Waals surface area (Å²) in [6.07, 6.45) is 1.55. The standard InChI is InChI=1S/C23H32N2O4S/c1-5-16-24-30(27,28)19-14-12-18(13-15-19)25-23(26)21(7-3)29-22-11-9-8-10-20(22)17(4)6-2/h8-15,17,21,24H,5-7,16H2,1-4H3,(H,25,26). The second kappa shape index (κ2) is 11.1. The SMILES string of the molecule is CCCNS(=O)(=O)c1ccc(NC(=O)C(CC)Oc2ccccc2C(C)CC)cc1. The van der Waals surface area contributed by atoms with Crippen LogP contribution in [-0.4, -0.2) is 27.0 Å². The summed E-state index contributed by atoms with van der Waals surface area (Å²) in [7, 11) is -3.53. The van der Waals surface area contributed by atoms with E-state index in [1.54, 1.807) is 12.1 Å². The van der Waals surface area contributed by atoms with Crippen LogP contribution in [0.25, 0.3) is 0 Å². The van der Waals surface area contributed by atoms with Crippen molar-refractivity contribution in [1.82, 2.24) is 4.72 Å². The maximum atomic E-state index is 12.8. The van der Waals surface area contributed by atoms with Crippen LogP contribution in [0.4, 0.5) is 5.69 Å². The van der Waals surface area contributed by atoms with E-state index in [4.69, 9.17) is 4.74 Å². The summed E-state index contributed by atoms with van der Waals surface area (Å²) < 4.78 is 32.9. The van der Waals surface area contributed by atoms with Gasteiger partial charge in [0, 0.05) is 12.2 Å². The van der Waals surface area contributed by atoms with Crippen LogP contribution in [0.15, 0.2) is 53.4 Å². The molecule has 2 rings (SSSR count). The van der Waals surface area contributed by atoms with E-state index in [-0.39, 0.29) is 10.8 Å². The number of carbonyl (C=O) groups excluding carboxylic acids is 1. The van der Waals surface area contributed by atoms with Gasteiger partial charge >= 0.3 is 0 Å². The molecule has 0 saturated carbocycles. The highest BCUT2D eigenvalue weighted by Crippen LogP contribution is 2.29. The van der Waals surface area contributed by atoms with Gasteiger partial charge in [0.1, 0.15) is 5.75 Å². The summed E-state index contributed by atoms with van der Waals surface area (Å²) in [5.74, 6) is 0.783. The maximum Gasteiger partial charge on any atom is 0.265 e. The van der Waals surface area contributed by atoms with E-state index in [1.165, 1.54) is 12.1 Å². The molecular formula is C23H32N2O4S. The third kappa shape index (κ3) is 6.31. The van der Waals surface area contributed by atoms with E-state index in [0.29, 0.717) is 31.0 Å². The highest BCUT2D eigenvalue weighted by molar-refractivity contribution is 7.89. The first-order chi connectivity index (χ1) is 14.3. The summed E-state index contributed by atoms with van der Waals surface area (Å²) in [5, 5.41) is 2.82. The molecule has 0 aliphatic heterocycles. The number of nitrogens with one attached hydrogen (secondary N) is 2. The van der Waals surface area contributed by atoms with E-state index >= 15 is 0 Å². The molecule has 2 atom stereocenters. The van der Waals surface area contributed by atoms with Crippen LogP contribution in [0.1, 0.15) is 58.4 Å². The number of amides is 1. The van der Waals surface area contributed by atoms with Gasteiger partial charge in [-0.15, -0.1) is 0 Å². The largest absolute Gasteiger partial charge is 0.480 e. The molecule has 0 aliphatic rings. The number of sulfonamides is 1. The monoisotopic (exact) mass is 432 g/mol. The Morgan fingerprint density at radius 1 is 1.00 bits per heavy atom. The summed E-state index contributed by atoms with van der Waals surface area (Å²) in [6.45, 7) is 8.43. The van der Waals surface area contributed by atoms with Crippen LogP contribution in [-0.2, 0) is 14.8 Å². The van der Waals surface area contributed by atoms with Gasteiger partial charge in [-0.3, -0.25) is 4.79 Å². The number of hydrogen-bond donors (Lipinski definition) is 2. The van der Waals surface area contributed by atoms with Crippen LogP contribution in [0.5, 0.6) is 5.75 Å².